The minimum absolute atomic E-state index is 0.926. The predicted molar refractivity (Wildman–Crippen MR) is 39.1 cm³/mol. The number of carbonyl (C=O) groups is 2. The smallest absolute Gasteiger partial charge is 0.277 e. The van der Waals surface area contributed by atoms with Crippen LogP contribution in [0.25, 0.3) is 0 Å². The van der Waals surface area contributed by atoms with Gasteiger partial charge < -0.3 is 5.73 Å². The van der Waals surface area contributed by atoms with Crippen molar-refractivity contribution in [1.29, 1.82) is 0 Å². The number of nitrogens with two attached hydrogens (primary N) is 1. The van der Waals surface area contributed by atoms with Crippen molar-refractivity contribution in [2.75, 3.05) is 0 Å². The number of nitrogens with one attached hydrogen (secondary N) is 1. The molecule has 2 amide bonds. The summed E-state index contributed by atoms with van der Waals surface area (Å²) >= 11 is 0. The van der Waals surface area contributed by atoms with Gasteiger partial charge >= 0.3 is 0 Å². The molecule has 0 aliphatic carbocycles. The van der Waals surface area contributed by atoms with E-state index >= 15 is 0 Å². The van der Waals surface area contributed by atoms with Crippen molar-refractivity contribution < 1.29 is 27.8 Å². The zero-order valence-electron chi connectivity index (χ0n) is 6.30. The first kappa shape index (κ1) is 11.8. The maximum Gasteiger partial charge on any atom is 0.277 e. The Balaban J connectivity index is 4.66. The number of carbonyl (C=O) groups excluding carboxylic acids is 2. The SMILES string of the molecule is NC(=O)C(CC(=O)NO)S(=O)(=O)O. The number of amides is 2. The lowest BCUT2D eigenvalue weighted by Gasteiger charge is -2.07. The van der Waals surface area contributed by atoms with Crippen LogP contribution in [0.5, 0.6) is 0 Å². The molecule has 0 aliphatic heterocycles. The molecule has 0 heterocycles. The average Bonchev–Trinajstić information content (AvgIpc) is 1.96. The minimum Gasteiger partial charge on any atom is -0.368 e. The number of rotatable bonds is 4. The van der Waals surface area contributed by atoms with Gasteiger partial charge in [-0.3, -0.25) is 19.3 Å². The van der Waals surface area contributed by atoms with Gasteiger partial charge in [0.05, 0.1) is 6.42 Å². The molecule has 0 aromatic carbocycles. The number of hydrogen-bond acceptors (Lipinski definition) is 5. The Hall–Kier alpha value is -1.19. The van der Waals surface area contributed by atoms with E-state index in [0.717, 1.165) is 5.48 Å². The topological polar surface area (TPSA) is 147 Å². The molecule has 0 spiro atoms. The first-order valence-corrected chi connectivity index (χ1v) is 4.48. The van der Waals surface area contributed by atoms with Crippen molar-refractivity contribution >= 4 is 21.9 Å². The summed E-state index contributed by atoms with van der Waals surface area (Å²) in [6.45, 7) is 0. The first-order valence-electron chi connectivity index (χ1n) is 2.97. The third kappa shape index (κ3) is 3.83. The molecule has 0 aromatic rings. The van der Waals surface area contributed by atoms with Crippen LogP contribution in [0.1, 0.15) is 6.42 Å². The summed E-state index contributed by atoms with van der Waals surface area (Å²) in [6.07, 6.45) is -0.926. The lowest BCUT2D eigenvalue weighted by atomic mass is 10.3. The van der Waals surface area contributed by atoms with Crippen molar-refractivity contribution in [2.24, 2.45) is 5.73 Å². The molecule has 0 bridgehead atoms. The van der Waals surface area contributed by atoms with Gasteiger partial charge in [-0.1, -0.05) is 0 Å². The summed E-state index contributed by atoms with van der Waals surface area (Å²) in [6, 6.07) is 0. The monoisotopic (exact) mass is 212 g/mol. The number of hydrogen-bond donors (Lipinski definition) is 4. The molecule has 0 saturated heterocycles. The van der Waals surface area contributed by atoms with Crippen LogP contribution >= 0.6 is 0 Å². The Kier molecular flexibility index (Phi) is 3.78. The highest BCUT2D eigenvalue weighted by Gasteiger charge is 2.31. The van der Waals surface area contributed by atoms with E-state index in [9.17, 15) is 18.0 Å². The highest BCUT2D eigenvalue weighted by molar-refractivity contribution is 7.87. The highest BCUT2D eigenvalue weighted by atomic mass is 32.2. The van der Waals surface area contributed by atoms with Crippen molar-refractivity contribution in [1.82, 2.24) is 5.48 Å². The molecule has 76 valence electrons. The molecule has 0 aliphatic rings. The summed E-state index contributed by atoms with van der Waals surface area (Å²) in [7, 11) is -4.72. The zero-order chi connectivity index (χ0) is 10.6. The fourth-order valence-corrected chi connectivity index (χ4v) is 1.22. The summed E-state index contributed by atoms with van der Waals surface area (Å²) < 4.78 is 29.2. The largest absolute Gasteiger partial charge is 0.368 e. The van der Waals surface area contributed by atoms with Gasteiger partial charge in [0.2, 0.25) is 11.8 Å². The summed E-state index contributed by atoms with van der Waals surface area (Å²) in [5.41, 5.74) is 5.69. The highest BCUT2D eigenvalue weighted by Crippen LogP contribution is 2.03. The van der Waals surface area contributed by atoms with E-state index in [0.29, 0.717) is 0 Å². The molecule has 0 saturated carbocycles. The third-order valence-electron chi connectivity index (χ3n) is 1.17. The molecule has 1 unspecified atom stereocenters. The van der Waals surface area contributed by atoms with E-state index < -0.39 is 33.6 Å². The van der Waals surface area contributed by atoms with E-state index in [1.807, 2.05) is 0 Å². The lowest BCUT2D eigenvalue weighted by Crippen LogP contribution is -2.39. The predicted octanol–water partition coefficient (Wildman–Crippen LogP) is -2.38. The molecule has 8 nitrogen and oxygen atoms in total. The molecular weight excluding hydrogens is 204 g/mol. The molecule has 0 rings (SSSR count). The van der Waals surface area contributed by atoms with Crippen molar-refractivity contribution in [3.8, 4) is 0 Å². The number of primary amides is 1. The van der Waals surface area contributed by atoms with Crippen LogP contribution in [-0.2, 0) is 19.7 Å². The molecule has 0 aromatic heterocycles. The minimum atomic E-state index is -4.72. The van der Waals surface area contributed by atoms with Gasteiger partial charge in [0.15, 0.2) is 5.25 Å². The fraction of sp³-hybridized carbons (Fsp3) is 0.500. The Morgan fingerprint density at radius 2 is 1.92 bits per heavy atom. The Morgan fingerprint density at radius 1 is 1.46 bits per heavy atom. The second kappa shape index (κ2) is 4.16. The lowest BCUT2D eigenvalue weighted by molar-refractivity contribution is -0.131. The molecule has 13 heavy (non-hydrogen) atoms. The van der Waals surface area contributed by atoms with E-state index in [1.54, 1.807) is 0 Å². The Morgan fingerprint density at radius 3 is 2.15 bits per heavy atom. The standard InChI is InChI=1S/C4H8N2O6S/c5-4(8)2(13(10,11)12)1-3(7)6-9/h2,9H,1H2,(H2,5,8)(H,6,7)(H,10,11,12). The van der Waals surface area contributed by atoms with Crippen LogP contribution in [0.3, 0.4) is 0 Å². The first-order chi connectivity index (χ1) is 5.79. The van der Waals surface area contributed by atoms with Gasteiger partial charge in [0.1, 0.15) is 0 Å². The van der Waals surface area contributed by atoms with Crippen LogP contribution in [0, 0.1) is 0 Å². The van der Waals surface area contributed by atoms with E-state index in [-0.39, 0.29) is 0 Å². The van der Waals surface area contributed by atoms with Crippen LogP contribution in [-0.4, -0.2) is 35.2 Å². The van der Waals surface area contributed by atoms with Crippen LogP contribution in [0.2, 0.25) is 0 Å². The molecule has 9 heteroatoms. The van der Waals surface area contributed by atoms with Gasteiger partial charge in [-0.15, -0.1) is 0 Å². The Labute approximate surface area is 73.4 Å². The van der Waals surface area contributed by atoms with Crippen LogP contribution < -0.4 is 11.2 Å². The third-order valence-corrected chi connectivity index (χ3v) is 2.29. The van der Waals surface area contributed by atoms with Gasteiger partial charge in [0.25, 0.3) is 10.1 Å². The average molecular weight is 212 g/mol. The van der Waals surface area contributed by atoms with Crippen molar-refractivity contribution in [2.45, 2.75) is 11.7 Å². The van der Waals surface area contributed by atoms with Gasteiger partial charge in [0, 0.05) is 0 Å². The summed E-state index contributed by atoms with van der Waals surface area (Å²) in [5, 5.41) is 5.96. The molecule has 5 N–H and O–H groups in total. The molecular formula is C4H8N2O6S. The van der Waals surface area contributed by atoms with Crippen LogP contribution in [0.4, 0.5) is 0 Å². The normalized spacial score (nSPS) is 13.4. The fourth-order valence-electron chi connectivity index (χ4n) is 0.567. The second-order valence-electron chi connectivity index (χ2n) is 2.15. The maximum atomic E-state index is 10.4. The van der Waals surface area contributed by atoms with Crippen molar-refractivity contribution in [3.63, 3.8) is 0 Å². The van der Waals surface area contributed by atoms with Gasteiger partial charge in [-0.25, -0.2) is 5.48 Å². The van der Waals surface area contributed by atoms with Gasteiger partial charge in [-0.05, 0) is 0 Å². The molecule has 0 fully saturated rings. The van der Waals surface area contributed by atoms with E-state index in [1.165, 1.54) is 0 Å². The van der Waals surface area contributed by atoms with Crippen molar-refractivity contribution in [3.05, 3.63) is 0 Å². The maximum absolute atomic E-state index is 10.4. The quantitative estimate of drug-likeness (QED) is 0.232. The second-order valence-corrected chi connectivity index (χ2v) is 3.74. The molecule has 0 radical (unpaired) electrons. The summed E-state index contributed by atoms with van der Waals surface area (Å²) in [5.74, 6) is -2.51. The summed E-state index contributed by atoms with van der Waals surface area (Å²) in [4.78, 5) is 20.8. The number of hydroxylamine groups is 1. The van der Waals surface area contributed by atoms with Crippen LogP contribution in [0.15, 0.2) is 0 Å². The van der Waals surface area contributed by atoms with Gasteiger partial charge in [-0.2, -0.15) is 8.42 Å². The Bertz CT molecular complexity index is 309. The van der Waals surface area contributed by atoms with E-state index in [2.05, 4.69) is 5.73 Å². The molecule has 1 atom stereocenters. The van der Waals surface area contributed by atoms with E-state index in [4.69, 9.17) is 9.76 Å². The zero-order valence-corrected chi connectivity index (χ0v) is 7.11.